The second-order valence-electron chi connectivity index (χ2n) is 4.51. The molecular weight excluding hydrogens is 461 g/mol. The third-order valence-electron chi connectivity index (χ3n) is 2.87. The first-order valence-electron chi connectivity index (χ1n) is 6.88. The quantitative estimate of drug-likeness (QED) is 0.292. The van der Waals surface area contributed by atoms with Crippen molar-refractivity contribution < 1.29 is 9.53 Å². The first-order valence-corrected chi connectivity index (χ1v) is 7.67. The highest BCUT2D eigenvalue weighted by atomic mass is 127. The van der Waals surface area contributed by atoms with Gasteiger partial charge in [-0.2, -0.15) is 0 Å². The summed E-state index contributed by atoms with van der Waals surface area (Å²) in [6, 6.07) is 8.08. The van der Waals surface area contributed by atoms with Crippen molar-refractivity contribution in [1.82, 2.24) is 10.2 Å². The van der Waals surface area contributed by atoms with Gasteiger partial charge in [0.15, 0.2) is 5.96 Å². The van der Waals surface area contributed by atoms with Crippen molar-refractivity contribution in [1.29, 1.82) is 0 Å². The molecule has 0 heterocycles. The van der Waals surface area contributed by atoms with E-state index in [9.17, 15) is 4.79 Å². The number of hydrogen-bond acceptors (Lipinski definition) is 3. The van der Waals surface area contributed by atoms with Gasteiger partial charge in [0, 0.05) is 24.6 Å². The van der Waals surface area contributed by atoms with Crippen LogP contribution >= 0.6 is 39.9 Å². The van der Waals surface area contributed by atoms with Crippen molar-refractivity contribution in [3.63, 3.8) is 0 Å². The molecule has 5 nitrogen and oxygen atoms in total. The van der Waals surface area contributed by atoms with Gasteiger partial charge in [0.1, 0.15) is 0 Å². The molecular formula is C15H23BrIN3O2. The Bertz CT molecular complexity index is 497. The van der Waals surface area contributed by atoms with E-state index in [1.54, 1.807) is 0 Å². The van der Waals surface area contributed by atoms with E-state index >= 15 is 0 Å². The van der Waals surface area contributed by atoms with Gasteiger partial charge in [0.2, 0.25) is 0 Å². The number of rotatable bonds is 6. The second kappa shape index (κ2) is 11.7. The summed E-state index contributed by atoms with van der Waals surface area (Å²) in [4.78, 5) is 17.6. The Balaban J connectivity index is 0.00000441. The summed E-state index contributed by atoms with van der Waals surface area (Å²) in [5.74, 6) is 0.528. The lowest BCUT2D eigenvalue weighted by atomic mass is 10.2. The van der Waals surface area contributed by atoms with E-state index in [4.69, 9.17) is 0 Å². The van der Waals surface area contributed by atoms with Gasteiger partial charge in [-0.3, -0.25) is 9.79 Å². The topological polar surface area (TPSA) is 53.9 Å². The molecule has 0 fully saturated rings. The molecule has 0 saturated heterocycles. The highest BCUT2D eigenvalue weighted by molar-refractivity contribution is 14.0. The normalized spacial score (nSPS) is 10.6. The van der Waals surface area contributed by atoms with E-state index < -0.39 is 0 Å². The van der Waals surface area contributed by atoms with Crippen molar-refractivity contribution >= 4 is 51.8 Å². The van der Waals surface area contributed by atoms with Crippen LogP contribution in [-0.2, 0) is 16.1 Å². The van der Waals surface area contributed by atoms with E-state index in [0.29, 0.717) is 6.54 Å². The minimum atomic E-state index is -0.247. The van der Waals surface area contributed by atoms with Crippen molar-refractivity contribution in [2.75, 3.05) is 27.2 Å². The van der Waals surface area contributed by atoms with E-state index in [1.165, 1.54) is 12.7 Å². The molecule has 7 heteroatoms. The van der Waals surface area contributed by atoms with Crippen LogP contribution in [0.1, 0.15) is 18.9 Å². The van der Waals surface area contributed by atoms with Crippen molar-refractivity contribution in [2.24, 2.45) is 4.99 Å². The van der Waals surface area contributed by atoms with Crippen LogP contribution in [0, 0.1) is 0 Å². The number of esters is 1. The molecule has 0 radical (unpaired) electrons. The molecule has 0 aromatic heterocycles. The number of nitrogens with one attached hydrogen (secondary N) is 1. The zero-order valence-electron chi connectivity index (χ0n) is 13.1. The fourth-order valence-electron chi connectivity index (χ4n) is 1.78. The van der Waals surface area contributed by atoms with Crippen LogP contribution < -0.4 is 5.32 Å². The molecule has 22 heavy (non-hydrogen) atoms. The molecule has 0 aliphatic heterocycles. The number of nitrogens with zero attached hydrogens (tertiary/aromatic N) is 2. The number of ether oxygens (including phenoxy) is 1. The van der Waals surface area contributed by atoms with Gasteiger partial charge < -0.3 is 15.0 Å². The zero-order valence-corrected chi connectivity index (χ0v) is 17.1. The smallest absolute Gasteiger partial charge is 0.307 e. The number of carbonyl (C=O) groups excluding carboxylic acids is 1. The summed E-state index contributed by atoms with van der Waals surface area (Å²) in [5, 5.41) is 3.22. The van der Waals surface area contributed by atoms with Crippen LogP contribution in [0.4, 0.5) is 0 Å². The number of hydrogen-bond donors (Lipinski definition) is 1. The highest BCUT2D eigenvalue weighted by Crippen LogP contribution is 2.17. The van der Waals surface area contributed by atoms with Gasteiger partial charge in [-0.1, -0.05) is 34.1 Å². The summed E-state index contributed by atoms with van der Waals surface area (Å²) in [5.41, 5.74) is 1.18. The molecule has 0 amide bonds. The maximum absolute atomic E-state index is 11.1. The monoisotopic (exact) mass is 483 g/mol. The summed E-state index contributed by atoms with van der Waals surface area (Å²) in [6.07, 6.45) is 0.286. The van der Waals surface area contributed by atoms with Gasteiger partial charge in [-0.15, -0.1) is 24.0 Å². The number of methoxy groups -OCH3 is 1. The first-order chi connectivity index (χ1) is 10.1. The van der Waals surface area contributed by atoms with Gasteiger partial charge in [0.25, 0.3) is 0 Å². The lowest BCUT2D eigenvalue weighted by Crippen LogP contribution is -2.38. The average Bonchev–Trinajstić information content (AvgIpc) is 2.48. The Morgan fingerprint density at radius 2 is 2.09 bits per heavy atom. The molecule has 0 saturated carbocycles. The Kier molecular flexibility index (Phi) is 11.3. The predicted molar refractivity (Wildman–Crippen MR) is 104 cm³/mol. The number of halogens is 2. The van der Waals surface area contributed by atoms with Crippen molar-refractivity contribution in [2.45, 2.75) is 19.9 Å². The van der Waals surface area contributed by atoms with Gasteiger partial charge in [0.05, 0.1) is 20.1 Å². The van der Waals surface area contributed by atoms with E-state index in [-0.39, 0.29) is 36.4 Å². The van der Waals surface area contributed by atoms with Crippen molar-refractivity contribution in [3.8, 4) is 0 Å². The first kappa shape index (κ1) is 21.2. The maximum atomic E-state index is 11.1. The third-order valence-corrected chi connectivity index (χ3v) is 3.64. The van der Waals surface area contributed by atoms with E-state index in [1.807, 2.05) is 37.1 Å². The van der Waals surface area contributed by atoms with Gasteiger partial charge >= 0.3 is 5.97 Å². The Labute approximate surface area is 157 Å². The summed E-state index contributed by atoms with van der Waals surface area (Å²) < 4.78 is 5.69. The molecule has 1 N–H and O–H groups in total. The van der Waals surface area contributed by atoms with Crippen LogP contribution in [0.2, 0.25) is 0 Å². The van der Waals surface area contributed by atoms with Crippen LogP contribution in [0.5, 0.6) is 0 Å². The third kappa shape index (κ3) is 7.44. The van der Waals surface area contributed by atoms with Gasteiger partial charge in [-0.25, -0.2) is 0 Å². The maximum Gasteiger partial charge on any atom is 0.307 e. The standard InChI is InChI=1S/C15H22BrN3O2.HI/c1-4-17-15(18-10-9-14(20)21-3)19(2)11-12-7-5-6-8-13(12)16;/h5-8H,4,9-11H2,1-3H3,(H,17,18);1H. The summed E-state index contributed by atoms with van der Waals surface area (Å²) in [7, 11) is 3.36. The molecule has 0 unspecified atom stereocenters. The molecule has 124 valence electrons. The van der Waals surface area contributed by atoms with Crippen LogP contribution in [0.15, 0.2) is 33.7 Å². The lowest BCUT2D eigenvalue weighted by Gasteiger charge is -2.22. The molecule has 1 aromatic carbocycles. The van der Waals surface area contributed by atoms with E-state index in [0.717, 1.165) is 23.5 Å². The minimum absolute atomic E-state index is 0. The number of guanidine groups is 1. The second-order valence-corrected chi connectivity index (χ2v) is 5.36. The number of carbonyl (C=O) groups is 1. The van der Waals surface area contributed by atoms with Crippen LogP contribution in [-0.4, -0.2) is 44.1 Å². The number of benzene rings is 1. The predicted octanol–water partition coefficient (Wildman–Crippen LogP) is 3.03. The molecule has 0 atom stereocenters. The average molecular weight is 484 g/mol. The number of aliphatic imine (C=N–C) groups is 1. The Hall–Kier alpha value is -0.830. The van der Waals surface area contributed by atoms with Crippen LogP contribution in [0.3, 0.4) is 0 Å². The lowest BCUT2D eigenvalue weighted by molar-refractivity contribution is -0.140. The highest BCUT2D eigenvalue weighted by Gasteiger charge is 2.08. The fourth-order valence-corrected chi connectivity index (χ4v) is 2.19. The Morgan fingerprint density at radius 1 is 1.41 bits per heavy atom. The van der Waals surface area contributed by atoms with Crippen LogP contribution in [0.25, 0.3) is 0 Å². The summed E-state index contributed by atoms with van der Waals surface area (Å²) in [6.45, 7) is 3.93. The Morgan fingerprint density at radius 3 is 2.68 bits per heavy atom. The van der Waals surface area contributed by atoms with Crippen molar-refractivity contribution in [3.05, 3.63) is 34.3 Å². The van der Waals surface area contributed by atoms with E-state index in [2.05, 4.69) is 37.0 Å². The molecule has 0 bridgehead atoms. The summed E-state index contributed by atoms with van der Waals surface area (Å²) >= 11 is 3.55. The molecule has 1 aromatic rings. The zero-order chi connectivity index (χ0) is 15.7. The minimum Gasteiger partial charge on any atom is -0.469 e. The molecule has 0 aliphatic carbocycles. The molecule has 0 aliphatic rings. The molecule has 0 spiro atoms. The van der Waals surface area contributed by atoms with Gasteiger partial charge in [-0.05, 0) is 18.6 Å². The fraction of sp³-hybridized carbons (Fsp3) is 0.467. The largest absolute Gasteiger partial charge is 0.469 e. The molecule has 1 rings (SSSR count). The SMILES string of the molecule is CCNC(=NCCC(=O)OC)N(C)Cc1ccccc1Br.I.